The monoisotopic (exact) mass is 235 g/mol. The molecule has 1 aromatic rings. The average molecular weight is 235 g/mol. The van der Waals surface area contributed by atoms with Crippen LogP contribution in [0.15, 0.2) is 24.3 Å². The molecule has 1 aliphatic rings. The van der Waals surface area contributed by atoms with E-state index < -0.39 is 0 Å². The fourth-order valence-corrected chi connectivity index (χ4v) is 2.89. The van der Waals surface area contributed by atoms with Crippen LogP contribution in [0.4, 0.5) is 4.39 Å². The predicted octanol–water partition coefficient (Wildman–Crippen LogP) is 3.49. The highest BCUT2D eigenvalue weighted by Gasteiger charge is 2.46. The lowest BCUT2D eigenvalue weighted by molar-refractivity contribution is 0.129. The fourth-order valence-electron chi connectivity index (χ4n) is 2.89. The van der Waals surface area contributed by atoms with E-state index in [2.05, 4.69) is 19.2 Å². The molecule has 1 fully saturated rings. The molecule has 2 atom stereocenters. The van der Waals surface area contributed by atoms with Gasteiger partial charge in [-0.25, -0.2) is 4.39 Å². The Morgan fingerprint density at radius 1 is 1.41 bits per heavy atom. The lowest BCUT2D eigenvalue weighted by Gasteiger charge is -2.49. The molecule has 1 aromatic carbocycles. The van der Waals surface area contributed by atoms with Gasteiger partial charge < -0.3 is 5.32 Å². The zero-order valence-corrected chi connectivity index (χ0v) is 10.8. The molecule has 0 aliphatic heterocycles. The molecule has 0 spiro atoms. The van der Waals surface area contributed by atoms with Gasteiger partial charge in [0.15, 0.2) is 0 Å². The van der Waals surface area contributed by atoms with Gasteiger partial charge in [-0.15, -0.1) is 0 Å². The van der Waals surface area contributed by atoms with Crippen LogP contribution in [-0.4, -0.2) is 13.1 Å². The Kier molecular flexibility index (Phi) is 3.82. The van der Waals surface area contributed by atoms with Crippen molar-refractivity contribution in [2.75, 3.05) is 13.1 Å². The van der Waals surface area contributed by atoms with Crippen molar-refractivity contribution in [2.24, 2.45) is 5.92 Å². The van der Waals surface area contributed by atoms with Gasteiger partial charge in [0.1, 0.15) is 5.82 Å². The van der Waals surface area contributed by atoms with E-state index in [9.17, 15) is 4.39 Å². The molecule has 0 bridgehead atoms. The molecule has 2 unspecified atom stereocenters. The second-order valence-electron chi connectivity index (χ2n) is 5.25. The molecule has 0 amide bonds. The largest absolute Gasteiger partial charge is 0.316 e. The van der Waals surface area contributed by atoms with Crippen LogP contribution in [0.2, 0.25) is 0 Å². The second kappa shape index (κ2) is 5.18. The zero-order valence-electron chi connectivity index (χ0n) is 10.8. The lowest BCUT2D eigenvalue weighted by Crippen LogP contribution is -2.50. The van der Waals surface area contributed by atoms with Crippen LogP contribution in [0.1, 0.15) is 38.7 Å². The highest BCUT2D eigenvalue weighted by atomic mass is 19.1. The number of rotatable bonds is 5. The standard InChI is InChI=1S/C15H22FN/c1-3-10-17-11-15(9-8-12(15)2)13-6-4-5-7-14(13)16/h4-7,12,17H,3,8-11H2,1-2H3. The third kappa shape index (κ3) is 2.23. The van der Waals surface area contributed by atoms with Gasteiger partial charge in [-0.3, -0.25) is 0 Å². The lowest BCUT2D eigenvalue weighted by atomic mass is 9.57. The van der Waals surface area contributed by atoms with Gasteiger partial charge in [0.2, 0.25) is 0 Å². The summed E-state index contributed by atoms with van der Waals surface area (Å²) in [4.78, 5) is 0. The molecule has 0 radical (unpaired) electrons. The first kappa shape index (κ1) is 12.6. The molecule has 2 heteroatoms. The summed E-state index contributed by atoms with van der Waals surface area (Å²) in [6, 6.07) is 7.26. The summed E-state index contributed by atoms with van der Waals surface area (Å²) in [7, 11) is 0. The summed E-state index contributed by atoms with van der Waals surface area (Å²) >= 11 is 0. The van der Waals surface area contributed by atoms with Crippen molar-refractivity contribution in [1.82, 2.24) is 5.32 Å². The summed E-state index contributed by atoms with van der Waals surface area (Å²) in [5.74, 6) is 0.529. The highest BCUT2D eigenvalue weighted by Crippen LogP contribution is 2.48. The maximum atomic E-state index is 14.0. The first-order chi connectivity index (χ1) is 8.20. The van der Waals surface area contributed by atoms with Crippen LogP contribution in [0.3, 0.4) is 0 Å². The molecule has 1 aliphatic carbocycles. The molecule has 17 heavy (non-hydrogen) atoms. The number of hydrogen-bond acceptors (Lipinski definition) is 1. The summed E-state index contributed by atoms with van der Waals surface area (Å²) in [5.41, 5.74) is 0.933. The van der Waals surface area contributed by atoms with Crippen molar-refractivity contribution < 1.29 is 4.39 Å². The molecule has 2 rings (SSSR count). The number of hydrogen-bond donors (Lipinski definition) is 1. The van der Waals surface area contributed by atoms with Gasteiger partial charge >= 0.3 is 0 Å². The van der Waals surface area contributed by atoms with Gasteiger partial charge in [0.05, 0.1) is 0 Å². The Hall–Kier alpha value is -0.890. The maximum absolute atomic E-state index is 14.0. The minimum atomic E-state index is -0.0441. The van der Waals surface area contributed by atoms with E-state index in [1.54, 1.807) is 12.1 Å². The predicted molar refractivity (Wildman–Crippen MR) is 69.6 cm³/mol. The summed E-state index contributed by atoms with van der Waals surface area (Å²) in [5, 5.41) is 3.47. The van der Waals surface area contributed by atoms with Gasteiger partial charge in [0, 0.05) is 12.0 Å². The molecule has 1 saturated carbocycles. The van der Waals surface area contributed by atoms with Gasteiger partial charge in [-0.2, -0.15) is 0 Å². The van der Waals surface area contributed by atoms with Crippen molar-refractivity contribution in [3.8, 4) is 0 Å². The van der Waals surface area contributed by atoms with Crippen molar-refractivity contribution in [3.05, 3.63) is 35.6 Å². The Balaban J connectivity index is 2.20. The zero-order chi connectivity index (χ0) is 12.3. The average Bonchev–Trinajstić information content (AvgIpc) is 2.34. The first-order valence-corrected chi connectivity index (χ1v) is 6.66. The highest BCUT2D eigenvalue weighted by molar-refractivity contribution is 5.31. The van der Waals surface area contributed by atoms with Crippen LogP contribution in [0.5, 0.6) is 0 Å². The molecule has 0 aromatic heterocycles. The third-order valence-corrected chi connectivity index (χ3v) is 4.24. The smallest absolute Gasteiger partial charge is 0.127 e. The minimum absolute atomic E-state index is 0.0283. The molecule has 1 N–H and O–H groups in total. The molecule has 1 nitrogen and oxygen atoms in total. The van der Waals surface area contributed by atoms with E-state index in [0.29, 0.717) is 5.92 Å². The van der Waals surface area contributed by atoms with Crippen molar-refractivity contribution in [3.63, 3.8) is 0 Å². The Bertz CT molecular complexity index is 377. The van der Waals surface area contributed by atoms with Crippen LogP contribution in [-0.2, 0) is 5.41 Å². The first-order valence-electron chi connectivity index (χ1n) is 6.66. The summed E-state index contributed by atoms with van der Waals surface area (Å²) < 4.78 is 14.0. The number of nitrogens with one attached hydrogen (secondary N) is 1. The Morgan fingerprint density at radius 2 is 2.18 bits per heavy atom. The van der Waals surface area contributed by atoms with Crippen LogP contribution in [0.25, 0.3) is 0 Å². The molecule has 0 heterocycles. The second-order valence-corrected chi connectivity index (χ2v) is 5.25. The van der Waals surface area contributed by atoms with E-state index in [-0.39, 0.29) is 11.2 Å². The Morgan fingerprint density at radius 3 is 2.71 bits per heavy atom. The Labute approximate surface area is 103 Å². The SMILES string of the molecule is CCCNCC1(c2ccccc2F)CCC1C. The number of halogens is 1. The maximum Gasteiger partial charge on any atom is 0.127 e. The minimum Gasteiger partial charge on any atom is -0.316 e. The number of benzene rings is 1. The van der Waals surface area contributed by atoms with Crippen molar-refractivity contribution in [1.29, 1.82) is 0 Å². The normalized spacial score (nSPS) is 27.8. The molecular formula is C15H22FN. The topological polar surface area (TPSA) is 12.0 Å². The molecule has 0 saturated heterocycles. The fraction of sp³-hybridized carbons (Fsp3) is 0.600. The van der Waals surface area contributed by atoms with E-state index in [1.807, 2.05) is 12.1 Å². The van der Waals surface area contributed by atoms with Crippen LogP contribution in [0, 0.1) is 11.7 Å². The van der Waals surface area contributed by atoms with Crippen LogP contribution >= 0.6 is 0 Å². The van der Waals surface area contributed by atoms with Gasteiger partial charge in [-0.05, 0) is 43.4 Å². The van der Waals surface area contributed by atoms with Crippen molar-refractivity contribution >= 4 is 0 Å². The van der Waals surface area contributed by atoms with E-state index >= 15 is 0 Å². The summed E-state index contributed by atoms with van der Waals surface area (Å²) in [6.07, 6.45) is 3.44. The van der Waals surface area contributed by atoms with Crippen LogP contribution < -0.4 is 5.32 Å². The van der Waals surface area contributed by atoms with E-state index in [1.165, 1.54) is 6.42 Å². The summed E-state index contributed by atoms with van der Waals surface area (Å²) in [6.45, 7) is 6.32. The van der Waals surface area contributed by atoms with E-state index in [0.717, 1.165) is 31.5 Å². The quantitative estimate of drug-likeness (QED) is 0.770. The van der Waals surface area contributed by atoms with Gasteiger partial charge in [-0.1, -0.05) is 32.0 Å². The van der Waals surface area contributed by atoms with Gasteiger partial charge in [0.25, 0.3) is 0 Å². The molecule has 94 valence electrons. The van der Waals surface area contributed by atoms with E-state index in [4.69, 9.17) is 0 Å². The van der Waals surface area contributed by atoms with Crippen molar-refractivity contribution in [2.45, 2.75) is 38.5 Å². The molecular weight excluding hydrogens is 213 g/mol. The third-order valence-electron chi connectivity index (χ3n) is 4.24.